The van der Waals surface area contributed by atoms with Crippen molar-refractivity contribution >= 4 is 22.7 Å². The maximum atomic E-state index is 13.0. The van der Waals surface area contributed by atoms with E-state index in [9.17, 15) is 9.59 Å². The van der Waals surface area contributed by atoms with Crippen molar-refractivity contribution in [2.75, 3.05) is 13.7 Å². The van der Waals surface area contributed by atoms with Crippen molar-refractivity contribution in [3.63, 3.8) is 0 Å². The predicted molar refractivity (Wildman–Crippen MR) is 109 cm³/mol. The van der Waals surface area contributed by atoms with Crippen molar-refractivity contribution in [2.24, 2.45) is 0 Å². The maximum absolute atomic E-state index is 13.0. The number of esters is 1. The van der Waals surface area contributed by atoms with Gasteiger partial charge >= 0.3 is 5.97 Å². The summed E-state index contributed by atoms with van der Waals surface area (Å²) >= 11 is 0. The van der Waals surface area contributed by atoms with Gasteiger partial charge < -0.3 is 14.0 Å². The molecular formula is C23H25NO4. The van der Waals surface area contributed by atoms with Gasteiger partial charge in [0.2, 0.25) is 0 Å². The normalized spacial score (nSPS) is 10.9. The summed E-state index contributed by atoms with van der Waals surface area (Å²) in [6.07, 6.45) is 2.25. The Balaban J connectivity index is 1.86. The third kappa shape index (κ3) is 3.93. The van der Waals surface area contributed by atoms with Crippen molar-refractivity contribution in [1.82, 2.24) is 4.57 Å². The molecule has 0 aliphatic rings. The molecule has 0 amide bonds. The van der Waals surface area contributed by atoms with Crippen LogP contribution in [0.4, 0.5) is 0 Å². The van der Waals surface area contributed by atoms with Crippen molar-refractivity contribution < 1.29 is 19.1 Å². The molecule has 0 aliphatic heterocycles. The van der Waals surface area contributed by atoms with Gasteiger partial charge in [-0.25, -0.2) is 0 Å². The summed E-state index contributed by atoms with van der Waals surface area (Å²) in [5.41, 5.74) is 4.28. The van der Waals surface area contributed by atoms with Crippen LogP contribution in [0.15, 0.2) is 42.6 Å². The largest absolute Gasteiger partial charge is 0.496 e. The van der Waals surface area contributed by atoms with Gasteiger partial charge in [0, 0.05) is 34.8 Å². The van der Waals surface area contributed by atoms with Crippen LogP contribution in [-0.4, -0.2) is 30.0 Å². The molecule has 0 spiro atoms. The number of methoxy groups -OCH3 is 1. The number of hydrogen-bond acceptors (Lipinski definition) is 4. The Morgan fingerprint density at radius 1 is 1.04 bits per heavy atom. The molecule has 0 radical (unpaired) electrons. The number of nitrogens with zero attached hydrogens (tertiary/aromatic N) is 1. The van der Waals surface area contributed by atoms with Crippen molar-refractivity contribution in [3.8, 4) is 5.75 Å². The highest BCUT2D eigenvalue weighted by Crippen LogP contribution is 2.26. The van der Waals surface area contributed by atoms with E-state index in [0.29, 0.717) is 30.7 Å². The van der Waals surface area contributed by atoms with Crippen LogP contribution in [0.3, 0.4) is 0 Å². The fourth-order valence-corrected chi connectivity index (χ4v) is 3.32. The van der Waals surface area contributed by atoms with E-state index >= 15 is 0 Å². The number of benzene rings is 2. The van der Waals surface area contributed by atoms with E-state index in [1.54, 1.807) is 20.1 Å². The lowest BCUT2D eigenvalue weighted by Gasteiger charge is -2.11. The first-order valence-electron chi connectivity index (χ1n) is 9.39. The van der Waals surface area contributed by atoms with Gasteiger partial charge in [-0.15, -0.1) is 0 Å². The average molecular weight is 379 g/mol. The zero-order valence-electron chi connectivity index (χ0n) is 16.7. The Kier molecular flexibility index (Phi) is 5.83. The molecule has 0 saturated heterocycles. The number of ether oxygens (including phenoxy) is 2. The van der Waals surface area contributed by atoms with Crippen molar-refractivity contribution in [3.05, 3.63) is 64.8 Å². The molecule has 146 valence electrons. The molecule has 28 heavy (non-hydrogen) atoms. The average Bonchev–Trinajstić information content (AvgIpc) is 3.10. The second-order valence-electron chi connectivity index (χ2n) is 6.79. The molecule has 0 atom stereocenters. The standard InChI is InChI=1S/C23H25NO4/c1-5-28-22(25)9-11-24-10-8-17-13-18(6-7-20(17)24)23(26)19-12-15(2)16(3)21(14-19)27-4/h6-8,10,12-14H,5,9,11H2,1-4H3. The predicted octanol–water partition coefficient (Wildman–Crippen LogP) is 4.45. The molecule has 3 rings (SSSR count). The Labute approximate surface area is 164 Å². The summed E-state index contributed by atoms with van der Waals surface area (Å²) in [4.78, 5) is 24.6. The van der Waals surface area contributed by atoms with Gasteiger partial charge in [0.1, 0.15) is 5.75 Å². The third-order valence-electron chi connectivity index (χ3n) is 5.00. The van der Waals surface area contributed by atoms with E-state index in [1.807, 2.05) is 54.9 Å². The SMILES string of the molecule is CCOC(=O)CCn1ccc2cc(C(=O)c3cc(C)c(C)c(OC)c3)ccc21. The summed E-state index contributed by atoms with van der Waals surface area (Å²) in [6.45, 7) is 6.69. The van der Waals surface area contributed by atoms with Gasteiger partial charge in [-0.05, 0) is 68.3 Å². The van der Waals surface area contributed by atoms with Crippen LogP contribution < -0.4 is 4.74 Å². The van der Waals surface area contributed by atoms with E-state index in [0.717, 1.165) is 27.8 Å². The van der Waals surface area contributed by atoms with Crippen LogP contribution in [0.25, 0.3) is 10.9 Å². The Morgan fingerprint density at radius 2 is 1.82 bits per heavy atom. The number of ketones is 1. The summed E-state index contributed by atoms with van der Waals surface area (Å²) < 4.78 is 12.4. The number of aromatic nitrogens is 1. The molecule has 0 unspecified atom stereocenters. The number of rotatable bonds is 7. The molecule has 0 saturated carbocycles. The fourth-order valence-electron chi connectivity index (χ4n) is 3.32. The first kappa shape index (κ1) is 19.7. The van der Waals surface area contributed by atoms with Crippen LogP contribution >= 0.6 is 0 Å². The Bertz CT molecular complexity index is 1030. The summed E-state index contributed by atoms with van der Waals surface area (Å²) in [6, 6.07) is 11.3. The van der Waals surface area contributed by atoms with Gasteiger partial charge in [0.15, 0.2) is 5.78 Å². The molecule has 5 heteroatoms. The summed E-state index contributed by atoms with van der Waals surface area (Å²) in [5, 5.41) is 0.963. The molecule has 0 bridgehead atoms. The first-order chi connectivity index (χ1) is 13.4. The topological polar surface area (TPSA) is 57.5 Å². The summed E-state index contributed by atoms with van der Waals surface area (Å²) in [5.74, 6) is 0.469. The van der Waals surface area contributed by atoms with E-state index in [4.69, 9.17) is 9.47 Å². The minimum atomic E-state index is -0.208. The molecule has 1 aromatic heterocycles. The van der Waals surface area contributed by atoms with Crippen molar-refractivity contribution in [1.29, 1.82) is 0 Å². The van der Waals surface area contributed by atoms with Gasteiger partial charge in [-0.3, -0.25) is 9.59 Å². The van der Waals surface area contributed by atoms with Crippen molar-refractivity contribution in [2.45, 2.75) is 33.7 Å². The highest BCUT2D eigenvalue weighted by atomic mass is 16.5. The highest BCUT2D eigenvalue weighted by molar-refractivity contribution is 6.11. The van der Waals surface area contributed by atoms with Crippen LogP contribution in [0.1, 0.15) is 40.4 Å². The molecule has 0 fully saturated rings. The highest BCUT2D eigenvalue weighted by Gasteiger charge is 2.14. The third-order valence-corrected chi connectivity index (χ3v) is 5.00. The van der Waals surface area contributed by atoms with E-state index in [-0.39, 0.29) is 11.8 Å². The Hall–Kier alpha value is -3.08. The molecule has 0 N–H and O–H groups in total. The first-order valence-corrected chi connectivity index (χ1v) is 9.39. The van der Waals surface area contributed by atoms with Crippen LogP contribution in [-0.2, 0) is 16.1 Å². The van der Waals surface area contributed by atoms with Crippen LogP contribution in [0.2, 0.25) is 0 Å². The van der Waals surface area contributed by atoms with Crippen LogP contribution in [0.5, 0.6) is 5.75 Å². The van der Waals surface area contributed by atoms with E-state index < -0.39 is 0 Å². The van der Waals surface area contributed by atoms with Gasteiger partial charge in [0.05, 0.1) is 20.1 Å². The van der Waals surface area contributed by atoms with E-state index in [1.165, 1.54) is 0 Å². The number of carbonyl (C=O) groups excluding carboxylic acids is 2. The fraction of sp³-hybridized carbons (Fsp3) is 0.304. The number of carbonyl (C=O) groups is 2. The van der Waals surface area contributed by atoms with E-state index in [2.05, 4.69) is 0 Å². The lowest BCUT2D eigenvalue weighted by atomic mass is 9.98. The monoisotopic (exact) mass is 379 g/mol. The number of fused-ring (bicyclic) bond motifs is 1. The lowest BCUT2D eigenvalue weighted by Crippen LogP contribution is -2.08. The zero-order chi connectivity index (χ0) is 20.3. The van der Waals surface area contributed by atoms with Gasteiger partial charge in [-0.2, -0.15) is 0 Å². The van der Waals surface area contributed by atoms with Gasteiger partial charge in [-0.1, -0.05) is 0 Å². The minimum Gasteiger partial charge on any atom is -0.496 e. The molecular weight excluding hydrogens is 354 g/mol. The number of hydrogen-bond donors (Lipinski definition) is 0. The molecule has 0 aliphatic carbocycles. The maximum Gasteiger partial charge on any atom is 0.307 e. The molecule has 2 aromatic carbocycles. The molecule has 3 aromatic rings. The summed E-state index contributed by atoms with van der Waals surface area (Å²) in [7, 11) is 1.61. The second-order valence-corrected chi connectivity index (χ2v) is 6.79. The minimum absolute atomic E-state index is 0.0393. The van der Waals surface area contributed by atoms with Crippen LogP contribution in [0, 0.1) is 13.8 Å². The quantitative estimate of drug-likeness (QED) is 0.449. The molecule has 5 nitrogen and oxygen atoms in total. The smallest absolute Gasteiger partial charge is 0.307 e. The number of aryl methyl sites for hydroxylation is 2. The molecule has 1 heterocycles. The van der Waals surface area contributed by atoms with Gasteiger partial charge in [0.25, 0.3) is 0 Å². The lowest BCUT2D eigenvalue weighted by molar-refractivity contribution is -0.143. The zero-order valence-corrected chi connectivity index (χ0v) is 16.7. The second kappa shape index (κ2) is 8.30. The Morgan fingerprint density at radius 3 is 2.54 bits per heavy atom.